The number of rotatable bonds is 4. The van der Waals surface area contributed by atoms with E-state index in [9.17, 15) is 4.79 Å². The number of carbonyl (C=O) groups is 1. The molecule has 0 radical (unpaired) electrons. The average Bonchev–Trinajstić information content (AvgIpc) is 3.11. The van der Waals surface area contributed by atoms with Gasteiger partial charge in [0.05, 0.1) is 0 Å². The molecule has 25 heavy (non-hydrogen) atoms. The number of hydrogen-bond acceptors (Lipinski definition) is 3. The molecule has 5 heteroatoms. The number of amides is 1. The number of benzene rings is 1. The Kier molecular flexibility index (Phi) is 5.31. The van der Waals surface area contributed by atoms with Crippen LogP contribution >= 0.6 is 0 Å². The van der Waals surface area contributed by atoms with E-state index in [2.05, 4.69) is 47.7 Å². The van der Waals surface area contributed by atoms with E-state index in [1.807, 2.05) is 29.4 Å². The molecule has 1 aromatic heterocycles. The van der Waals surface area contributed by atoms with Gasteiger partial charge in [0.1, 0.15) is 12.2 Å². The summed E-state index contributed by atoms with van der Waals surface area (Å²) in [5.41, 5.74) is 2.28. The number of carbonyl (C=O) groups excluding carboxylic acids is 1. The zero-order valence-corrected chi connectivity index (χ0v) is 15.2. The van der Waals surface area contributed by atoms with Gasteiger partial charge in [-0.15, -0.1) is 10.2 Å². The van der Waals surface area contributed by atoms with E-state index in [0.717, 1.165) is 37.3 Å². The summed E-state index contributed by atoms with van der Waals surface area (Å²) in [6.45, 7) is 7.88. The van der Waals surface area contributed by atoms with Crippen molar-refractivity contribution in [3.8, 4) is 0 Å². The molecule has 5 nitrogen and oxygen atoms in total. The topological polar surface area (TPSA) is 51.0 Å². The predicted molar refractivity (Wildman–Crippen MR) is 99.2 cm³/mol. The maximum Gasteiger partial charge on any atom is 0.246 e. The first-order valence-electron chi connectivity index (χ1n) is 8.97. The van der Waals surface area contributed by atoms with Crippen LogP contribution in [-0.4, -0.2) is 38.7 Å². The monoisotopic (exact) mass is 338 g/mol. The van der Waals surface area contributed by atoms with Gasteiger partial charge in [-0.25, -0.2) is 0 Å². The summed E-state index contributed by atoms with van der Waals surface area (Å²) < 4.78 is 2.14. The predicted octanol–water partition coefficient (Wildman–Crippen LogP) is 3.59. The standard InChI is InChI=1S/C20H26N4O/c1-15(2)24-14-21-22-20(24)18-10-12-23(13-11-18)19(25)9-8-17-6-4-16(3)5-7-17/h4-9,14-15,18H,10-13H2,1-3H3. The highest BCUT2D eigenvalue weighted by Gasteiger charge is 2.26. The van der Waals surface area contributed by atoms with E-state index in [1.54, 1.807) is 6.08 Å². The molecular weight excluding hydrogens is 312 g/mol. The van der Waals surface area contributed by atoms with Gasteiger partial charge in [-0.1, -0.05) is 29.8 Å². The molecule has 1 fully saturated rings. The SMILES string of the molecule is Cc1ccc(C=CC(=O)N2CCC(c3nncn3C(C)C)CC2)cc1. The van der Waals surface area contributed by atoms with Crippen LogP contribution in [0.3, 0.4) is 0 Å². The molecule has 0 N–H and O–H groups in total. The second-order valence-electron chi connectivity index (χ2n) is 7.03. The fourth-order valence-electron chi connectivity index (χ4n) is 3.25. The zero-order chi connectivity index (χ0) is 17.8. The summed E-state index contributed by atoms with van der Waals surface area (Å²) in [5, 5.41) is 8.37. The van der Waals surface area contributed by atoms with Crippen molar-refractivity contribution in [2.75, 3.05) is 13.1 Å². The van der Waals surface area contributed by atoms with Crippen molar-refractivity contribution in [3.63, 3.8) is 0 Å². The Morgan fingerprint density at radius 3 is 2.52 bits per heavy atom. The molecule has 3 rings (SSSR count). The second kappa shape index (κ2) is 7.64. The lowest BCUT2D eigenvalue weighted by atomic mass is 9.95. The molecule has 1 aliphatic rings. The molecule has 0 unspecified atom stereocenters. The van der Waals surface area contributed by atoms with Gasteiger partial charge in [-0.3, -0.25) is 4.79 Å². The minimum absolute atomic E-state index is 0.0874. The van der Waals surface area contributed by atoms with Crippen LogP contribution in [-0.2, 0) is 4.79 Å². The summed E-state index contributed by atoms with van der Waals surface area (Å²) in [7, 11) is 0. The Morgan fingerprint density at radius 1 is 1.20 bits per heavy atom. The van der Waals surface area contributed by atoms with Crippen molar-refractivity contribution >= 4 is 12.0 Å². The number of aromatic nitrogens is 3. The maximum atomic E-state index is 12.4. The maximum absolute atomic E-state index is 12.4. The highest BCUT2D eigenvalue weighted by Crippen LogP contribution is 2.28. The van der Waals surface area contributed by atoms with Crippen LogP contribution < -0.4 is 0 Å². The van der Waals surface area contributed by atoms with E-state index in [1.165, 1.54) is 5.56 Å². The average molecular weight is 338 g/mol. The fraction of sp³-hybridized carbons (Fsp3) is 0.450. The number of aryl methyl sites for hydroxylation is 1. The number of piperidine rings is 1. The molecule has 2 aromatic rings. The largest absolute Gasteiger partial charge is 0.339 e. The van der Waals surface area contributed by atoms with Gasteiger partial charge in [-0.2, -0.15) is 0 Å². The van der Waals surface area contributed by atoms with Gasteiger partial charge in [0, 0.05) is 31.1 Å². The first-order chi connectivity index (χ1) is 12.0. The summed E-state index contributed by atoms with van der Waals surface area (Å²) in [4.78, 5) is 14.3. The Bertz CT molecular complexity index is 737. The molecule has 0 bridgehead atoms. The van der Waals surface area contributed by atoms with Crippen molar-refractivity contribution in [2.45, 2.75) is 45.6 Å². The van der Waals surface area contributed by atoms with Crippen molar-refractivity contribution in [1.29, 1.82) is 0 Å². The highest BCUT2D eigenvalue weighted by molar-refractivity contribution is 5.91. The molecule has 1 amide bonds. The third kappa shape index (κ3) is 4.16. The van der Waals surface area contributed by atoms with Crippen molar-refractivity contribution in [3.05, 3.63) is 53.6 Å². The molecule has 1 saturated heterocycles. The van der Waals surface area contributed by atoms with Gasteiger partial charge in [0.2, 0.25) is 5.91 Å². The first kappa shape index (κ1) is 17.4. The van der Waals surface area contributed by atoms with Gasteiger partial charge >= 0.3 is 0 Å². The van der Waals surface area contributed by atoms with E-state index in [-0.39, 0.29) is 5.91 Å². The molecule has 2 heterocycles. The number of hydrogen-bond donors (Lipinski definition) is 0. The highest BCUT2D eigenvalue weighted by atomic mass is 16.2. The Labute approximate surface area is 149 Å². The zero-order valence-electron chi connectivity index (χ0n) is 15.2. The fourth-order valence-corrected chi connectivity index (χ4v) is 3.25. The molecule has 0 aliphatic carbocycles. The van der Waals surface area contributed by atoms with Crippen LogP contribution in [0, 0.1) is 6.92 Å². The molecular formula is C20H26N4O. The van der Waals surface area contributed by atoms with E-state index in [0.29, 0.717) is 12.0 Å². The van der Waals surface area contributed by atoms with E-state index < -0.39 is 0 Å². The smallest absolute Gasteiger partial charge is 0.246 e. The number of nitrogens with zero attached hydrogens (tertiary/aromatic N) is 4. The van der Waals surface area contributed by atoms with Crippen molar-refractivity contribution in [2.24, 2.45) is 0 Å². The first-order valence-corrected chi connectivity index (χ1v) is 8.97. The van der Waals surface area contributed by atoms with Gasteiger partial charge in [0.15, 0.2) is 0 Å². The van der Waals surface area contributed by atoms with Crippen LogP contribution in [0.2, 0.25) is 0 Å². The van der Waals surface area contributed by atoms with Crippen LogP contribution in [0.25, 0.3) is 6.08 Å². The van der Waals surface area contributed by atoms with Crippen LogP contribution in [0.5, 0.6) is 0 Å². The van der Waals surface area contributed by atoms with Crippen molar-refractivity contribution < 1.29 is 4.79 Å². The van der Waals surface area contributed by atoms with E-state index >= 15 is 0 Å². The Morgan fingerprint density at radius 2 is 1.88 bits per heavy atom. The van der Waals surface area contributed by atoms with Gasteiger partial charge < -0.3 is 9.47 Å². The third-order valence-electron chi connectivity index (χ3n) is 4.82. The Hall–Kier alpha value is -2.43. The second-order valence-corrected chi connectivity index (χ2v) is 7.03. The van der Waals surface area contributed by atoms with Gasteiger partial charge in [-0.05, 0) is 45.3 Å². The molecule has 0 spiro atoms. The molecule has 1 aromatic carbocycles. The summed E-state index contributed by atoms with van der Waals surface area (Å²) in [6.07, 6.45) is 7.26. The minimum atomic E-state index is 0.0874. The normalized spacial score (nSPS) is 16.1. The van der Waals surface area contributed by atoms with Crippen molar-refractivity contribution in [1.82, 2.24) is 19.7 Å². The van der Waals surface area contributed by atoms with Gasteiger partial charge in [0.25, 0.3) is 0 Å². The molecule has 1 aliphatic heterocycles. The lowest BCUT2D eigenvalue weighted by molar-refractivity contribution is -0.127. The van der Waals surface area contributed by atoms with Crippen LogP contribution in [0.1, 0.15) is 55.6 Å². The molecule has 0 saturated carbocycles. The third-order valence-corrected chi connectivity index (χ3v) is 4.82. The summed E-state index contributed by atoms with van der Waals surface area (Å²) in [5.74, 6) is 1.52. The molecule has 0 atom stereocenters. The molecule has 132 valence electrons. The Balaban J connectivity index is 1.57. The lowest BCUT2D eigenvalue weighted by Crippen LogP contribution is -2.37. The number of likely N-dealkylation sites (tertiary alicyclic amines) is 1. The summed E-state index contributed by atoms with van der Waals surface area (Å²) >= 11 is 0. The quantitative estimate of drug-likeness (QED) is 0.801. The lowest BCUT2D eigenvalue weighted by Gasteiger charge is -2.31. The van der Waals surface area contributed by atoms with Crippen LogP contribution in [0.4, 0.5) is 0 Å². The van der Waals surface area contributed by atoms with Crippen LogP contribution in [0.15, 0.2) is 36.7 Å². The van der Waals surface area contributed by atoms with E-state index in [4.69, 9.17) is 0 Å². The summed E-state index contributed by atoms with van der Waals surface area (Å²) in [6, 6.07) is 8.54. The minimum Gasteiger partial charge on any atom is -0.339 e.